The molecular weight excluding hydrogens is 278 g/mol. The van der Waals surface area contributed by atoms with Crippen LogP contribution in [0.15, 0.2) is 6.20 Å². The molecule has 0 bridgehead atoms. The second-order valence-corrected chi connectivity index (χ2v) is 8.14. The molecule has 0 radical (unpaired) electrons. The van der Waals surface area contributed by atoms with Gasteiger partial charge < -0.3 is 0 Å². The molecule has 0 fully saturated rings. The first kappa shape index (κ1) is 20.2. The fourth-order valence-electron chi connectivity index (χ4n) is 3.67. The van der Waals surface area contributed by atoms with Crippen LogP contribution >= 0.6 is 0 Å². The smallest absolute Gasteiger partial charge is 0.0466 e. The zero-order chi connectivity index (χ0) is 17.6. The van der Waals surface area contributed by atoms with E-state index in [0.717, 1.165) is 0 Å². The molecule has 0 aliphatic heterocycles. The van der Waals surface area contributed by atoms with E-state index < -0.39 is 0 Å². The van der Waals surface area contributed by atoms with Gasteiger partial charge in [-0.25, -0.2) is 0 Å². The molecule has 1 atom stereocenters. The standard InChI is InChI=1S/C22H39N/c1-9-10-11-12-13-18(8)21-19(15(2)3)14-23-22(17(6)7)20(21)16(4)5/h14-18H,9-13H2,1-8H3. The van der Waals surface area contributed by atoms with Gasteiger partial charge in [0.15, 0.2) is 0 Å². The first-order valence-corrected chi connectivity index (χ1v) is 9.83. The Morgan fingerprint density at radius 3 is 1.91 bits per heavy atom. The van der Waals surface area contributed by atoms with Crippen LogP contribution in [0.5, 0.6) is 0 Å². The van der Waals surface area contributed by atoms with E-state index in [1.54, 1.807) is 5.56 Å². The minimum Gasteiger partial charge on any atom is -0.260 e. The molecule has 1 heterocycles. The van der Waals surface area contributed by atoms with E-state index in [-0.39, 0.29) is 0 Å². The van der Waals surface area contributed by atoms with E-state index in [0.29, 0.717) is 23.7 Å². The van der Waals surface area contributed by atoms with Crippen molar-refractivity contribution in [3.63, 3.8) is 0 Å². The van der Waals surface area contributed by atoms with Crippen molar-refractivity contribution in [1.82, 2.24) is 4.98 Å². The largest absolute Gasteiger partial charge is 0.260 e. The molecule has 1 unspecified atom stereocenters. The van der Waals surface area contributed by atoms with Crippen molar-refractivity contribution in [2.75, 3.05) is 0 Å². The number of pyridine rings is 1. The molecule has 0 amide bonds. The molecule has 1 aromatic heterocycles. The fraction of sp³-hybridized carbons (Fsp3) is 0.773. The van der Waals surface area contributed by atoms with Crippen LogP contribution in [0, 0.1) is 0 Å². The summed E-state index contributed by atoms with van der Waals surface area (Å²) in [6, 6.07) is 0. The lowest BCUT2D eigenvalue weighted by atomic mass is 9.79. The van der Waals surface area contributed by atoms with Crippen LogP contribution in [-0.2, 0) is 0 Å². The Kier molecular flexibility index (Phi) is 8.29. The van der Waals surface area contributed by atoms with Gasteiger partial charge >= 0.3 is 0 Å². The average Bonchev–Trinajstić information content (AvgIpc) is 2.49. The number of rotatable bonds is 9. The van der Waals surface area contributed by atoms with Crippen LogP contribution in [0.25, 0.3) is 0 Å². The monoisotopic (exact) mass is 317 g/mol. The molecule has 132 valence electrons. The van der Waals surface area contributed by atoms with Crippen LogP contribution in [0.2, 0.25) is 0 Å². The highest BCUT2D eigenvalue weighted by molar-refractivity contribution is 5.43. The Labute approximate surface area is 145 Å². The number of hydrogen-bond donors (Lipinski definition) is 0. The van der Waals surface area contributed by atoms with Gasteiger partial charge in [-0.3, -0.25) is 4.98 Å². The van der Waals surface area contributed by atoms with Crippen molar-refractivity contribution in [2.45, 2.75) is 111 Å². The zero-order valence-corrected chi connectivity index (χ0v) is 16.9. The van der Waals surface area contributed by atoms with E-state index in [2.05, 4.69) is 61.6 Å². The lowest BCUT2D eigenvalue weighted by Gasteiger charge is -2.27. The molecular formula is C22H39N. The molecule has 0 spiro atoms. The summed E-state index contributed by atoms with van der Waals surface area (Å²) in [5, 5.41) is 0. The molecule has 0 saturated carbocycles. The lowest BCUT2D eigenvalue weighted by Crippen LogP contribution is -2.13. The van der Waals surface area contributed by atoms with Crippen molar-refractivity contribution in [3.8, 4) is 0 Å². The van der Waals surface area contributed by atoms with E-state index in [4.69, 9.17) is 4.98 Å². The minimum absolute atomic E-state index is 0.500. The maximum Gasteiger partial charge on any atom is 0.0466 e. The normalized spacial score (nSPS) is 13.3. The number of nitrogens with zero attached hydrogens (tertiary/aromatic N) is 1. The molecule has 0 aliphatic carbocycles. The van der Waals surface area contributed by atoms with Crippen molar-refractivity contribution in [1.29, 1.82) is 0 Å². The van der Waals surface area contributed by atoms with Gasteiger partial charge in [0.25, 0.3) is 0 Å². The lowest BCUT2D eigenvalue weighted by molar-refractivity contribution is 0.565. The molecule has 1 aromatic rings. The second-order valence-electron chi connectivity index (χ2n) is 8.14. The van der Waals surface area contributed by atoms with E-state index in [1.807, 2.05) is 0 Å². The zero-order valence-electron chi connectivity index (χ0n) is 16.9. The molecule has 0 aliphatic rings. The Balaban J connectivity index is 3.25. The van der Waals surface area contributed by atoms with Gasteiger partial charge in [-0.05, 0) is 46.8 Å². The summed E-state index contributed by atoms with van der Waals surface area (Å²) in [4.78, 5) is 4.87. The molecule has 1 nitrogen and oxygen atoms in total. The van der Waals surface area contributed by atoms with Gasteiger partial charge in [0, 0.05) is 11.9 Å². The second kappa shape index (κ2) is 9.45. The third-order valence-corrected chi connectivity index (χ3v) is 4.95. The fourth-order valence-corrected chi connectivity index (χ4v) is 3.67. The number of aromatic nitrogens is 1. The van der Waals surface area contributed by atoms with Crippen LogP contribution < -0.4 is 0 Å². The third-order valence-electron chi connectivity index (χ3n) is 4.95. The van der Waals surface area contributed by atoms with Crippen LogP contribution in [0.1, 0.15) is 134 Å². The van der Waals surface area contributed by atoms with Crippen molar-refractivity contribution in [2.24, 2.45) is 0 Å². The molecule has 0 N–H and O–H groups in total. The molecule has 23 heavy (non-hydrogen) atoms. The summed E-state index contributed by atoms with van der Waals surface area (Å²) in [5.74, 6) is 2.24. The van der Waals surface area contributed by atoms with Gasteiger partial charge in [-0.2, -0.15) is 0 Å². The Bertz CT molecular complexity index is 471. The summed E-state index contributed by atoms with van der Waals surface area (Å²) in [5.41, 5.74) is 5.94. The first-order chi connectivity index (χ1) is 10.8. The van der Waals surface area contributed by atoms with Crippen LogP contribution in [0.3, 0.4) is 0 Å². The van der Waals surface area contributed by atoms with Crippen LogP contribution in [-0.4, -0.2) is 4.98 Å². The predicted molar refractivity (Wildman–Crippen MR) is 104 cm³/mol. The minimum atomic E-state index is 0.500. The Hall–Kier alpha value is -0.850. The van der Waals surface area contributed by atoms with Crippen molar-refractivity contribution < 1.29 is 0 Å². The topological polar surface area (TPSA) is 12.9 Å². The summed E-state index contributed by atoms with van der Waals surface area (Å²) >= 11 is 0. The van der Waals surface area contributed by atoms with Gasteiger partial charge in [0.1, 0.15) is 0 Å². The van der Waals surface area contributed by atoms with Gasteiger partial charge in [-0.15, -0.1) is 0 Å². The quantitative estimate of drug-likeness (QED) is 0.429. The number of unbranched alkanes of at least 4 members (excludes halogenated alkanes) is 3. The van der Waals surface area contributed by atoms with Crippen LogP contribution in [0.4, 0.5) is 0 Å². The van der Waals surface area contributed by atoms with Gasteiger partial charge in [-0.1, -0.05) is 81.1 Å². The molecule has 1 rings (SSSR count). The first-order valence-electron chi connectivity index (χ1n) is 9.83. The average molecular weight is 318 g/mol. The maximum absolute atomic E-state index is 4.87. The summed E-state index contributed by atoms with van der Waals surface area (Å²) in [6.07, 6.45) is 8.88. The summed E-state index contributed by atoms with van der Waals surface area (Å²) in [6.45, 7) is 18.6. The molecule has 0 aromatic carbocycles. The Morgan fingerprint density at radius 1 is 0.783 bits per heavy atom. The highest BCUT2D eigenvalue weighted by Crippen LogP contribution is 2.38. The van der Waals surface area contributed by atoms with E-state index in [9.17, 15) is 0 Å². The molecule has 0 saturated heterocycles. The van der Waals surface area contributed by atoms with Gasteiger partial charge in [0.2, 0.25) is 0 Å². The van der Waals surface area contributed by atoms with Crippen molar-refractivity contribution in [3.05, 3.63) is 28.6 Å². The Morgan fingerprint density at radius 2 is 1.43 bits per heavy atom. The van der Waals surface area contributed by atoms with E-state index in [1.165, 1.54) is 48.9 Å². The number of hydrogen-bond acceptors (Lipinski definition) is 1. The summed E-state index contributed by atoms with van der Waals surface area (Å²) < 4.78 is 0. The third kappa shape index (κ3) is 5.33. The molecule has 1 heteroatoms. The summed E-state index contributed by atoms with van der Waals surface area (Å²) in [7, 11) is 0. The van der Waals surface area contributed by atoms with Gasteiger partial charge in [0.05, 0.1) is 0 Å². The van der Waals surface area contributed by atoms with E-state index >= 15 is 0 Å². The predicted octanol–water partition coefficient (Wildman–Crippen LogP) is 7.53. The maximum atomic E-state index is 4.87. The highest BCUT2D eigenvalue weighted by atomic mass is 14.7. The SMILES string of the molecule is CCCCCCC(C)c1c(C(C)C)cnc(C(C)C)c1C(C)C. The van der Waals surface area contributed by atoms with Crippen molar-refractivity contribution >= 4 is 0 Å². The highest BCUT2D eigenvalue weighted by Gasteiger charge is 2.23.